The molecule has 1 fully saturated rings. The Morgan fingerprint density at radius 2 is 1.63 bits per heavy atom. The highest BCUT2D eigenvalue weighted by Gasteiger charge is 2.67. The van der Waals surface area contributed by atoms with E-state index >= 15 is 0 Å². The molecule has 1 heterocycles. The lowest BCUT2D eigenvalue weighted by atomic mass is 10.1. The SMILES string of the molecule is O=C(Nc1cccc2[nH]ccc12)c1cc(NC(=O)[C@H]2[C@H](c3cc(Cl)cc(Cl)c3)C2(Cl)Cl)ccc1Cl. The van der Waals surface area contributed by atoms with E-state index < -0.39 is 28.0 Å². The summed E-state index contributed by atoms with van der Waals surface area (Å²) in [6.45, 7) is 0. The van der Waals surface area contributed by atoms with Gasteiger partial charge in [-0.05, 0) is 60.2 Å². The minimum absolute atomic E-state index is 0.203. The lowest BCUT2D eigenvalue weighted by molar-refractivity contribution is -0.117. The Bertz CT molecular complexity index is 1460. The number of alkyl halides is 2. The average Bonchev–Trinajstić information content (AvgIpc) is 3.12. The molecule has 3 N–H and O–H groups in total. The fourth-order valence-electron chi connectivity index (χ4n) is 4.20. The molecule has 5 rings (SSSR count). The first-order chi connectivity index (χ1) is 16.6. The van der Waals surface area contributed by atoms with Crippen molar-refractivity contribution in [3.63, 3.8) is 0 Å². The number of benzene rings is 3. The van der Waals surface area contributed by atoms with Crippen LogP contribution in [0.5, 0.6) is 0 Å². The Labute approximate surface area is 225 Å². The lowest BCUT2D eigenvalue weighted by Gasteiger charge is -2.11. The van der Waals surface area contributed by atoms with Gasteiger partial charge in [-0.25, -0.2) is 0 Å². The number of aromatic nitrogens is 1. The van der Waals surface area contributed by atoms with Gasteiger partial charge in [0.15, 0.2) is 0 Å². The number of nitrogens with one attached hydrogen (secondary N) is 3. The number of aromatic amines is 1. The maximum absolute atomic E-state index is 13.0. The summed E-state index contributed by atoms with van der Waals surface area (Å²) in [6.07, 6.45) is 1.79. The third-order valence-corrected chi connectivity index (χ3v) is 7.61. The zero-order chi connectivity index (χ0) is 24.9. The van der Waals surface area contributed by atoms with Crippen molar-refractivity contribution in [3.05, 3.63) is 93.1 Å². The monoisotopic (exact) mass is 565 g/mol. The van der Waals surface area contributed by atoms with Gasteiger partial charge in [-0.2, -0.15) is 0 Å². The summed E-state index contributed by atoms with van der Waals surface area (Å²) in [5, 5.41) is 7.60. The third kappa shape index (κ3) is 4.72. The Kier molecular flexibility index (Phi) is 6.41. The van der Waals surface area contributed by atoms with Crippen LogP contribution in [0.1, 0.15) is 21.8 Å². The minimum atomic E-state index is -1.32. The van der Waals surface area contributed by atoms with Crippen molar-refractivity contribution < 1.29 is 9.59 Å². The number of halogens is 5. The van der Waals surface area contributed by atoms with Gasteiger partial charge < -0.3 is 15.6 Å². The molecule has 35 heavy (non-hydrogen) atoms. The van der Waals surface area contributed by atoms with Crippen LogP contribution < -0.4 is 10.6 Å². The van der Waals surface area contributed by atoms with Gasteiger partial charge in [0.1, 0.15) is 4.33 Å². The highest BCUT2D eigenvalue weighted by Crippen LogP contribution is 2.65. The maximum atomic E-state index is 13.0. The summed E-state index contributed by atoms with van der Waals surface area (Å²) in [4.78, 5) is 29.1. The van der Waals surface area contributed by atoms with Crippen LogP contribution in [-0.4, -0.2) is 21.1 Å². The Morgan fingerprint density at radius 3 is 2.37 bits per heavy atom. The van der Waals surface area contributed by atoms with Gasteiger partial charge in [0.2, 0.25) is 5.91 Å². The van der Waals surface area contributed by atoms with Crippen LogP contribution in [0.4, 0.5) is 11.4 Å². The van der Waals surface area contributed by atoms with Crippen molar-refractivity contribution >= 4 is 92.1 Å². The van der Waals surface area contributed by atoms with E-state index in [1.54, 1.807) is 42.6 Å². The van der Waals surface area contributed by atoms with E-state index in [1.165, 1.54) is 6.07 Å². The standard InChI is InChI=1S/C25H16Cl5N3O2/c26-13-8-12(9-14(27)10-13)21-22(25(21,29)30)24(35)32-15-4-5-18(28)17(11-15)23(34)33-20-3-1-2-19-16(20)6-7-31-19/h1-11,21-22,31H,(H,32,35)(H,33,34)/t21-,22+/m0/s1. The third-order valence-electron chi connectivity index (χ3n) is 5.90. The first kappa shape index (κ1) is 24.3. The number of amides is 2. The summed E-state index contributed by atoms with van der Waals surface area (Å²) >= 11 is 31.4. The molecule has 5 nitrogen and oxygen atoms in total. The van der Waals surface area contributed by atoms with Gasteiger partial charge in [0.25, 0.3) is 5.91 Å². The van der Waals surface area contributed by atoms with E-state index in [9.17, 15) is 9.59 Å². The number of H-pyrrole nitrogens is 1. The molecule has 2 amide bonds. The largest absolute Gasteiger partial charge is 0.361 e. The molecule has 1 aliphatic carbocycles. The van der Waals surface area contributed by atoms with Gasteiger partial charge in [-0.3, -0.25) is 9.59 Å². The van der Waals surface area contributed by atoms with Crippen LogP contribution in [0.15, 0.2) is 66.9 Å². The number of hydrogen-bond donors (Lipinski definition) is 3. The fourth-order valence-corrected chi connectivity index (χ4v) is 5.78. The molecule has 0 saturated heterocycles. The van der Waals surface area contributed by atoms with Gasteiger partial charge >= 0.3 is 0 Å². The van der Waals surface area contributed by atoms with Crippen LogP contribution in [0.3, 0.4) is 0 Å². The smallest absolute Gasteiger partial charge is 0.257 e. The van der Waals surface area contributed by atoms with E-state index in [4.69, 9.17) is 58.0 Å². The topological polar surface area (TPSA) is 74.0 Å². The molecule has 3 aromatic carbocycles. The predicted molar refractivity (Wildman–Crippen MR) is 143 cm³/mol. The zero-order valence-electron chi connectivity index (χ0n) is 17.7. The van der Waals surface area contributed by atoms with Crippen molar-refractivity contribution in [2.75, 3.05) is 10.6 Å². The summed E-state index contributed by atoms with van der Waals surface area (Å²) < 4.78 is -1.32. The molecule has 0 bridgehead atoms. The predicted octanol–water partition coefficient (Wildman–Crippen LogP) is 7.91. The van der Waals surface area contributed by atoms with Crippen LogP contribution >= 0.6 is 58.0 Å². The van der Waals surface area contributed by atoms with E-state index in [0.29, 0.717) is 27.0 Å². The number of hydrogen-bond acceptors (Lipinski definition) is 2. The summed E-state index contributed by atoms with van der Waals surface area (Å²) in [6, 6.07) is 17.0. The maximum Gasteiger partial charge on any atom is 0.257 e. The second-order valence-electron chi connectivity index (χ2n) is 8.22. The normalized spacial score (nSPS) is 18.3. The van der Waals surface area contributed by atoms with Gasteiger partial charge in [-0.1, -0.05) is 40.9 Å². The second kappa shape index (κ2) is 9.23. The molecule has 0 aliphatic heterocycles. The number of carbonyl (C=O) groups is 2. The Balaban J connectivity index is 1.35. The summed E-state index contributed by atoms with van der Waals surface area (Å²) in [5.74, 6) is -2.04. The lowest BCUT2D eigenvalue weighted by Crippen LogP contribution is -2.18. The Morgan fingerprint density at radius 1 is 0.886 bits per heavy atom. The van der Waals surface area contributed by atoms with E-state index in [2.05, 4.69) is 15.6 Å². The first-order valence-corrected chi connectivity index (χ1v) is 12.4. The van der Waals surface area contributed by atoms with Crippen molar-refractivity contribution in [2.45, 2.75) is 10.3 Å². The molecule has 1 aromatic heterocycles. The molecule has 2 atom stereocenters. The van der Waals surface area contributed by atoms with E-state index in [0.717, 1.165) is 10.9 Å². The molecule has 0 unspecified atom stereocenters. The molecule has 0 radical (unpaired) electrons. The van der Waals surface area contributed by atoms with Crippen LogP contribution in [0, 0.1) is 5.92 Å². The summed E-state index contributed by atoms with van der Waals surface area (Å²) in [7, 11) is 0. The van der Waals surface area contributed by atoms with Crippen molar-refractivity contribution in [3.8, 4) is 0 Å². The minimum Gasteiger partial charge on any atom is -0.361 e. The van der Waals surface area contributed by atoms with E-state index in [-0.39, 0.29) is 10.6 Å². The van der Waals surface area contributed by atoms with Crippen LogP contribution in [0.25, 0.3) is 10.9 Å². The molecular formula is C25H16Cl5N3O2. The zero-order valence-corrected chi connectivity index (χ0v) is 21.5. The highest BCUT2D eigenvalue weighted by atomic mass is 35.5. The quantitative estimate of drug-likeness (QED) is 0.215. The number of carbonyl (C=O) groups excluding carboxylic acids is 2. The molecule has 1 saturated carbocycles. The van der Waals surface area contributed by atoms with Gasteiger partial charge in [-0.15, -0.1) is 23.2 Å². The molecule has 1 aliphatic rings. The Hall–Kier alpha value is -2.41. The van der Waals surface area contributed by atoms with Gasteiger partial charge in [0.05, 0.1) is 22.2 Å². The van der Waals surface area contributed by atoms with Crippen LogP contribution in [0.2, 0.25) is 15.1 Å². The molecule has 10 heteroatoms. The second-order valence-corrected chi connectivity index (χ2v) is 10.9. The van der Waals surface area contributed by atoms with Crippen LogP contribution in [-0.2, 0) is 4.79 Å². The van der Waals surface area contributed by atoms with Crippen molar-refractivity contribution in [1.29, 1.82) is 0 Å². The van der Waals surface area contributed by atoms with Crippen molar-refractivity contribution in [1.82, 2.24) is 4.98 Å². The molecular weight excluding hydrogens is 552 g/mol. The van der Waals surface area contributed by atoms with Crippen molar-refractivity contribution in [2.24, 2.45) is 5.92 Å². The molecule has 4 aromatic rings. The summed E-state index contributed by atoms with van der Waals surface area (Å²) in [5.41, 5.74) is 2.77. The van der Waals surface area contributed by atoms with Gasteiger partial charge in [0, 0.05) is 38.8 Å². The number of rotatable bonds is 5. The van der Waals surface area contributed by atoms with E-state index in [1.807, 2.05) is 18.2 Å². The number of anilines is 2. The molecule has 0 spiro atoms. The molecule has 178 valence electrons. The number of fused-ring (bicyclic) bond motifs is 1. The average molecular weight is 568 g/mol. The fraction of sp³-hybridized carbons (Fsp3) is 0.120. The first-order valence-electron chi connectivity index (χ1n) is 10.5. The highest BCUT2D eigenvalue weighted by molar-refractivity contribution is 6.53.